The Morgan fingerprint density at radius 3 is 2.34 bits per heavy atom. The van der Waals surface area contributed by atoms with E-state index in [4.69, 9.17) is 34.8 Å². The Morgan fingerprint density at radius 2 is 1.69 bits per heavy atom. The topological polar surface area (TPSA) is 52.7 Å². The Morgan fingerprint density at radius 1 is 0.966 bits per heavy atom. The van der Waals surface area contributed by atoms with Gasteiger partial charge in [0.2, 0.25) is 5.91 Å². The maximum atomic E-state index is 13.9. The lowest BCUT2D eigenvalue weighted by molar-refractivity contribution is -0.131. The van der Waals surface area contributed by atoms with E-state index in [1.54, 1.807) is 23.1 Å². The first-order valence-electron chi connectivity index (χ1n) is 9.01. The summed E-state index contributed by atoms with van der Waals surface area (Å²) in [6.45, 7) is 2.45. The third-order valence-corrected chi connectivity index (χ3v) is 5.84. The van der Waals surface area contributed by atoms with Crippen LogP contribution in [-0.4, -0.2) is 54.3 Å². The second kappa shape index (κ2) is 9.76. The van der Waals surface area contributed by atoms with Crippen LogP contribution in [0.4, 0.5) is 4.39 Å². The molecule has 1 N–H and O–H groups in total. The van der Waals surface area contributed by atoms with Crippen LogP contribution in [0, 0.1) is 5.82 Å². The molecule has 0 aromatic heterocycles. The fourth-order valence-electron chi connectivity index (χ4n) is 3.07. The van der Waals surface area contributed by atoms with Gasteiger partial charge in [0.15, 0.2) is 0 Å². The monoisotopic (exact) mass is 457 g/mol. The summed E-state index contributed by atoms with van der Waals surface area (Å²) in [5, 5.41) is 3.62. The van der Waals surface area contributed by atoms with Crippen molar-refractivity contribution in [3.8, 4) is 0 Å². The van der Waals surface area contributed by atoms with Gasteiger partial charge in [-0.1, -0.05) is 40.9 Å². The molecule has 0 aliphatic carbocycles. The molecule has 2 aromatic carbocycles. The van der Waals surface area contributed by atoms with E-state index in [1.807, 2.05) is 4.90 Å². The van der Waals surface area contributed by atoms with E-state index in [2.05, 4.69) is 5.32 Å². The highest BCUT2D eigenvalue weighted by atomic mass is 35.5. The third kappa shape index (κ3) is 5.60. The quantitative estimate of drug-likeness (QED) is 0.740. The van der Waals surface area contributed by atoms with Gasteiger partial charge in [0, 0.05) is 48.9 Å². The van der Waals surface area contributed by atoms with Crippen LogP contribution in [0.1, 0.15) is 15.9 Å². The smallest absolute Gasteiger partial charge is 0.251 e. The van der Waals surface area contributed by atoms with Crippen molar-refractivity contribution >= 4 is 46.6 Å². The number of nitrogens with one attached hydrogen (secondary N) is 1. The van der Waals surface area contributed by atoms with E-state index in [-0.39, 0.29) is 23.3 Å². The van der Waals surface area contributed by atoms with Gasteiger partial charge in [-0.3, -0.25) is 14.5 Å². The number of rotatable bonds is 5. The first-order chi connectivity index (χ1) is 13.8. The van der Waals surface area contributed by atoms with Crippen molar-refractivity contribution in [3.05, 3.63) is 68.4 Å². The van der Waals surface area contributed by atoms with Gasteiger partial charge in [0.1, 0.15) is 5.82 Å². The molecule has 29 heavy (non-hydrogen) atoms. The molecule has 0 atom stereocenters. The molecule has 154 valence electrons. The SMILES string of the molecule is O=C(NCC(=O)N1CCN(Cc2c(F)cccc2Cl)CC1)c1ccc(Cl)c(Cl)c1. The summed E-state index contributed by atoms with van der Waals surface area (Å²) >= 11 is 17.8. The molecule has 0 radical (unpaired) electrons. The van der Waals surface area contributed by atoms with Crippen LogP contribution in [0.15, 0.2) is 36.4 Å². The Kier molecular flexibility index (Phi) is 7.35. The van der Waals surface area contributed by atoms with Gasteiger partial charge in [0.05, 0.1) is 16.6 Å². The van der Waals surface area contributed by atoms with Crippen molar-refractivity contribution in [2.24, 2.45) is 0 Å². The standard InChI is InChI=1S/C20H19Cl3FN3O2/c21-15-2-1-3-18(24)14(15)12-26-6-8-27(9-7-26)19(28)11-25-20(29)13-4-5-16(22)17(23)10-13/h1-5,10H,6-9,11-12H2,(H,25,29). The molecule has 1 fully saturated rings. The van der Waals surface area contributed by atoms with Crippen LogP contribution in [-0.2, 0) is 11.3 Å². The predicted octanol–water partition coefficient (Wildman–Crippen LogP) is 3.86. The number of benzene rings is 2. The maximum Gasteiger partial charge on any atom is 0.251 e. The molecule has 9 heteroatoms. The lowest BCUT2D eigenvalue weighted by Gasteiger charge is -2.35. The van der Waals surface area contributed by atoms with Crippen LogP contribution in [0.5, 0.6) is 0 Å². The van der Waals surface area contributed by atoms with E-state index < -0.39 is 5.91 Å². The van der Waals surface area contributed by atoms with Crippen molar-refractivity contribution in [3.63, 3.8) is 0 Å². The lowest BCUT2D eigenvalue weighted by atomic mass is 10.2. The molecular weight excluding hydrogens is 440 g/mol. The lowest BCUT2D eigenvalue weighted by Crippen LogP contribution is -2.50. The summed E-state index contributed by atoms with van der Waals surface area (Å²) in [5.74, 6) is -0.909. The number of carbonyl (C=O) groups is 2. The molecule has 5 nitrogen and oxygen atoms in total. The van der Waals surface area contributed by atoms with Gasteiger partial charge in [0.25, 0.3) is 5.91 Å². The number of halogens is 4. The van der Waals surface area contributed by atoms with Gasteiger partial charge in [-0.2, -0.15) is 0 Å². The minimum absolute atomic E-state index is 0.113. The molecule has 1 heterocycles. The van der Waals surface area contributed by atoms with Crippen LogP contribution < -0.4 is 5.32 Å². The summed E-state index contributed by atoms with van der Waals surface area (Å²) in [6, 6.07) is 9.15. The van der Waals surface area contributed by atoms with E-state index in [9.17, 15) is 14.0 Å². The Labute approximate surface area is 183 Å². The minimum Gasteiger partial charge on any atom is -0.343 e. The van der Waals surface area contributed by atoms with Gasteiger partial charge in [-0.25, -0.2) is 4.39 Å². The van der Waals surface area contributed by atoms with E-state index in [0.717, 1.165) is 0 Å². The van der Waals surface area contributed by atoms with Gasteiger partial charge >= 0.3 is 0 Å². The number of carbonyl (C=O) groups excluding carboxylic acids is 2. The molecule has 0 unspecified atom stereocenters. The number of nitrogens with zero attached hydrogens (tertiary/aromatic N) is 2. The van der Waals surface area contributed by atoms with Crippen molar-refractivity contribution in [2.75, 3.05) is 32.7 Å². The van der Waals surface area contributed by atoms with Crippen molar-refractivity contribution in [1.82, 2.24) is 15.1 Å². The fraction of sp³-hybridized carbons (Fsp3) is 0.300. The highest BCUT2D eigenvalue weighted by molar-refractivity contribution is 6.42. The second-order valence-electron chi connectivity index (χ2n) is 6.67. The Balaban J connectivity index is 1.47. The van der Waals surface area contributed by atoms with Crippen molar-refractivity contribution in [1.29, 1.82) is 0 Å². The van der Waals surface area contributed by atoms with Crippen LogP contribution in [0.25, 0.3) is 0 Å². The van der Waals surface area contributed by atoms with Crippen LogP contribution >= 0.6 is 34.8 Å². The molecular formula is C20H19Cl3FN3O2. The number of amides is 2. The van der Waals surface area contributed by atoms with E-state index in [0.29, 0.717) is 53.9 Å². The zero-order valence-electron chi connectivity index (χ0n) is 15.4. The maximum absolute atomic E-state index is 13.9. The summed E-state index contributed by atoms with van der Waals surface area (Å²) in [6.07, 6.45) is 0. The molecule has 1 saturated heterocycles. The first-order valence-corrected chi connectivity index (χ1v) is 10.1. The van der Waals surface area contributed by atoms with Crippen LogP contribution in [0.3, 0.4) is 0 Å². The fourth-order valence-corrected chi connectivity index (χ4v) is 3.59. The van der Waals surface area contributed by atoms with Crippen molar-refractivity contribution < 1.29 is 14.0 Å². The number of piperazine rings is 1. The molecule has 3 rings (SSSR count). The highest BCUT2D eigenvalue weighted by Gasteiger charge is 2.23. The minimum atomic E-state index is -0.398. The molecule has 2 aromatic rings. The second-order valence-corrected chi connectivity index (χ2v) is 7.89. The summed E-state index contributed by atoms with van der Waals surface area (Å²) in [7, 11) is 0. The molecule has 1 aliphatic rings. The molecule has 0 bridgehead atoms. The summed E-state index contributed by atoms with van der Waals surface area (Å²) < 4.78 is 13.9. The first kappa shape index (κ1) is 21.8. The predicted molar refractivity (Wildman–Crippen MR) is 112 cm³/mol. The molecule has 2 amide bonds. The molecule has 1 aliphatic heterocycles. The summed E-state index contributed by atoms with van der Waals surface area (Å²) in [5.41, 5.74) is 0.793. The van der Waals surface area contributed by atoms with Crippen LogP contribution in [0.2, 0.25) is 15.1 Å². The molecule has 0 saturated carbocycles. The van der Waals surface area contributed by atoms with Crippen molar-refractivity contribution in [2.45, 2.75) is 6.54 Å². The zero-order valence-corrected chi connectivity index (χ0v) is 17.7. The van der Waals surface area contributed by atoms with Gasteiger partial charge in [-0.15, -0.1) is 0 Å². The Bertz CT molecular complexity index is 898. The zero-order chi connectivity index (χ0) is 21.0. The average Bonchev–Trinajstić information content (AvgIpc) is 2.71. The van der Waals surface area contributed by atoms with E-state index in [1.165, 1.54) is 18.2 Å². The number of hydrogen-bond donors (Lipinski definition) is 1. The largest absolute Gasteiger partial charge is 0.343 e. The average molecular weight is 459 g/mol. The molecule has 0 spiro atoms. The number of hydrogen-bond acceptors (Lipinski definition) is 3. The normalized spacial score (nSPS) is 14.7. The van der Waals surface area contributed by atoms with E-state index >= 15 is 0 Å². The third-order valence-electron chi connectivity index (χ3n) is 4.75. The Hall–Kier alpha value is -1.86. The highest BCUT2D eigenvalue weighted by Crippen LogP contribution is 2.23. The summed E-state index contributed by atoms with van der Waals surface area (Å²) in [4.78, 5) is 28.3. The van der Waals surface area contributed by atoms with Gasteiger partial charge in [-0.05, 0) is 30.3 Å². The van der Waals surface area contributed by atoms with Gasteiger partial charge < -0.3 is 10.2 Å².